The highest BCUT2D eigenvalue weighted by Crippen LogP contribution is 2.12. The van der Waals surface area contributed by atoms with Crippen LogP contribution in [0.4, 0.5) is 4.79 Å². The van der Waals surface area contributed by atoms with Gasteiger partial charge in [0, 0.05) is 0 Å². The molecule has 4 nitrogen and oxygen atoms in total. The Balaban J connectivity index is 2.46. The molecule has 0 aliphatic carbocycles. The molecule has 1 rings (SSSR count). The van der Waals surface area contributed by atoms with Crippen molar-refractivity contribution in [1.82, 2.24) is 4.90 Å². The number of rotatable bonds is 1. The summed E-state index contributed by atoms with van der Waals surface area (Å²) in [6.45, 7) is 8.87. The third-order valence-corrected chi connectivity index (χ3v) is 2.01. The first-order chi connectivity index (χ1) is 6.49. The van der Waals surface area contributed by atoms with Crippen molar-refractivity contribution in [2.75, 3.05) is 13.1 Å². The number of amides is 1. The third-order valence-electron chi connectivity index (χ3n) is 2.01. The molecule has 1 fully saturated rings. The van der Waals surface area contributed by atoms with E-state index in [9.17, 15) is 4.79 Å². The molecule has 82 valence electrons. The Hall–Kier alpha value is -0.770. The number of hydrogen-bond donors (Lipinski definition) is 0. The smallest absolute Gasteiger partial charge is 0.410 e. The molecule has 4 heteroatoms. The standard InChI is InChI=1S/C10H19NO3/c1-7(2)13-10(12)11-5-8(3)14-9(4)6-11/h7-9H,5-6H2,1-4H3/t8-,9+. The summed E-state index contributed by atoms with van der Waals surface area (Å²) < 4.78 is 10.6. The molecule has 0 bridgehead atoms. The maximum absolute atomic E-state index is 11.5. The van der Waals surface area contributed by atoms with Crippen LogP contribution in [0.3, 0.4) is 0 Å². The molecule has 0 radical (unpaired) electrons. The van der Waals surface area contributed by atoms with E-state index in [2.05, 4.69) is 0 Å². The minimum Gasteiger partial charge on any atom is -0.447 e. The number of carbonyl (C=O) groups excluding carboxylic acids is 1. The maximum Gasteiger partial charge on any atom is 0.410 e. The van der Waals surface area contributed by atoms with Crippen LogP contribution in [0.25, 0.3) is 0 Å². The van der Waals surface area contributed by atoms with Crippen molar-refractivity contribution in [2.45, 2.75) is 46.0 Å². The monoisotopic (exact) mass is 201 g/mol. The van der Waals surface area contributed by atoms with Crippen molar-refractivity contribution in [3.8, 4) is 0 Å². The fourth-order valence-corrected chi connectivity index (χ4v) is 1.60. The molecule has 2 atom stereocenters. The molecule has 0 aromatic rings. The van der Waals surface area contributed by atoms with Gasteiger partial charge in [0.1, 0.15) is 0 Å². The molecule has 0 unspecified atom stereocenters. The second-order valence-electron chi connectivity index (χ2n) is 4.09. The largest absolute Gasteiger partial charge is 0.447 e. The highest BCUT2D eigenvalue weighted by Gasteiger charge is 2.27. The summed E-state index contributed by atoms with van der Waals surface area (Å²) in [4.78, 5) is 13.3. The zero-order chi connectivity index (χ0) is 10.7. The first kappa shape index (κ1) is 11.3. The molecule has 0 saturated carbocycles. The number of carbonyl (C=O) groups is 1. The number of morpholine rings is 1. The van der Waals surface area contributed by atoms with E-state index < -0.39 is 0 Å². The Kier molecular flexibility index (Phi) is 3.75. The second kappa shape index (κ2) is 4.64. The lowest BCUT2D eigenvalue weighted by molar-refractivity contribution is -0.0661. The van der Waals surface area contributed by atoms with Gasteiger partial charge in [0.15, 0.2) is 0 Å². The van der Waals surface area contributed by atoms with E-state index in [0.29, 0.717) is 13.1 Å². The third kappa shape index (κ3) is 3.18. The summed E-state index contributed by atoms with van der Waals surface area (Å²) in [6, 6.07) is 0. The van der Waals surface area contributed by atoms with Crippen LogP contribution in [0, 0.1) is 0 Å². The fraction of sp³-hybridized carbons (Fsp3) is 0.900. The molecule has 1 heterocycles. The quantitative estimate of drug-likeness (QED) is 0.647. The number of nitrogens with zero attached hydrogens (tertiary/aromatic N) is 1. The minimum absolute atomic E-state index is 0.0593. The lowest BCUT2D eigenvalue weighted by Gasteiger charge is -2.34. The van der Waals surface area contributed by atoms with Crippen LogP contribution in [-0.4, -0.2) is 42.4 Å². The SMILES string of the molecule is CC(C)OC(=O)N1C[C@@H](C)O[C@@H](C)C1. The van der Waals surface area contributed by atoms with Crippen LogP contribution in [0.1, 0.15) is 27.7 Å². The normalized spacial score (nSPS) is 27.9. The van der Waals surface area contributed by atoms with E-state index in [-0.39, 0.29) is 24.4 Å². The topological polar surface area (TPSA) is 38.8 Å². The van der Waals surface area contributed by atoms with Crippen LogP contribution in [0.15, 0.2) is 0 Å². The van der Waals surface area contributed by atoms with Crippen molar-refractivity contribution >= 4 is 6.09 Å². The van der Waals surface area contributed by atoms with Crippen LogP contribution in [0.2, 0.25) is 0 Å². The van der Waals surface area contributed by atoms with Gasteiger partial charge in [-0.25, -0.2) is 4.79 Å². The van der Waals surface area contributed by atoms with Crippen molar-refractivity contribution in [2.24, 2.45) is 0 Å². The molecular weight excluding hydrogens is 182 g/mol. The van der Waals surface area contributed by atoms with E-state index in [1.165, 1.54) is 0 Å². The lowest BCUT2D eigenvalue weighted by Crippen LogP contribution is -2.48. The maximum atomic E-state index is 11.5. The summed E-state index contributed by atoms with van der Waals surface area (Å²) in [6.07, 6.45) is -0.102. The molecule has 1 saturated heterocycles. The van der Waals surface area contributed by atoms with Gasteiger partial charge in [-0.15, -0.1) is 0 Å². The van der Waals surface area contributed by atoms with Crippen molar-refractivity contribution in [3.63, 3.8) is 0 Å². The van der Waals surface area contributed by atoms with Crippen molar-refractivity contribution in [1.29, 1.82) is 0 Å². The highest BCUT2D eigenvalue weighted by molar-refractivity contribution is 5.68. The predicted octanol–water partition coefficient (Wildman–Crippen LogP) is 1.64. The predicted molar refractivity (Wildman–Crippen MR) is 53.2 cm³/mol. The van der Waals surface area contributed by atoms with Crippen LogP contribution in [-0.2, 0) is 9.47 Å². The molecular formula is C10H19NO3. The van der Waals surface area contributed by atoms with Crippen molar-refractivity contribution < 1.29 is 14.3 Å². The van der Waals surface area contributed by atoms with E-state index >= 15 is 0 Å². The molecule has 0 aromatic carbocycles. The summed E-state index contributed by atoms with van der Waals surface area (Å²) >= 11 is 0. The van der Waals surface area contributed by atoms with Crippen LogP contribution in [0.5, 0.6) is 0 Å². The number of ether oxygens (including phenoxy) is 2. The van der Waals surface area contributed by atoms with Gasteiger partial charge in [-0.05, 0) is 27.7 Å². The van der Waals surface area contributed by atoms with Crippen LogP contribution >= 0.6 is 0 Å². The first-order valence-electron chi connectivity index (χ1n) is 5.10. The Morgan fingerprint density at radius 2 is 1.86 bits per heavy atom. The zero-order valence-electron chi connectivity index (χ0n) is 9.32. The summed E-state index contributed by atoms with van der Waals surface area (Å²) in [5, 5.41) is 0. The van der Waals surface area contributed by atoms with Gasteiger partial charge in [-0.3, -0.25) is 0 Å². The Morgan fingerprint density at radius 3 is 2.29 bits per heavy atom. The van der Waals surface area contributed by atoms with Gasteiger partial charge in [0.2, 0.25) is 0 Å². The molecule has 1 aliphatic heterocycles. The fourth-order valence-electron chi connectivity index (χ4n) is 1.60. The van der Waals surface area contributed by atoms with E-state index in [1.54, 1.807) is 4.90 Å². The molecule has 0 aromatic heterocycles. The Bertz CT molecular complexity index is 196. The molecule has 0 spiro atoms. The van der Waals surface area contributed by atoms with E-state index in [1.807, 2.05) is 27.7 Å². The van der Waals surface area contributed by atoms with Gasteiger partial charge in [0.25, 0.3) is 0 Å². The van der Waals surface area contributed by atoms with Gasteiger partial charge < -0.3 is 14.4 Å². The Morgan fingerprint density at radius 1 is 1.36 bits per heavy atom. The van der Waals surface area contributed by atoms with Crippen molar-refractivity contribution in [3.05, 3.63) is 0 Å². The lowest BCUT2D eigenvalue weighted by atomic mass is 10.2. The van der Waals surface area contributed by atoms with Gasteiger partial charge in [-0.1, -0.05) is 0 Å². The molecule has 0 N–H and O–H groups in total. The average molecular weight is 201 g/mol. The molecule has 1 aliphatic rings. The van der Waals surface area contributed by atoms with E-state index in [4.69, 9.17) is 9.47 Å². The average Bonchev–Trinajstić information content (AvgIpc) is 2.00. The van der Waals surface area contributed by atoms with E-state index in [0.717, 1.165) is 0 Å². The highest BCUT2D eigenvalue weighted by atomic mass is 16.6. The summed E-state index contributed by atoms with van der Waals surface area (Å²) in [7, 11) is 0. The molecule has 1 amide bonds. The van der Waals surface area contributed by atoms with Gasteiger partial charge >= 0.3 is 6.09 Å². The summed E-state index contributed by atoms with van der Waals surface area (Å²) in [5.74, 6) is 0. The second-order valence-corrected chi connectivity index (χ2v) is 4.09. The number of hydrogen-bond acceptors (Lipinski definition) is 3. The van der Waals surface area contributed by atoms with Crippen LogP contribution < -0.4 is 0 Å². The van der Waals surface area contributed by atoms with Gasteiger partial charge in [0.05, 0.1) is 31.4 Å². The zero-order valence-corrected chi connectivity index (χ0v) is 9.32. The Labute approximate surface area is 85.2 Å². The van der Waals surface area contributed by atoms with Gasteiger partial charge in [-0.2, -0.15) is 0 Å². The summed E-state index contributed by atoms with van der Waals surface area (Å²) in [5.41, 5.74) is 0. The minimum atomic E-state index is -0.234. The molecule has 14 heavy (non-hydrogen) atoms. The first-order valence-corrected chi connectivity index (χ1v) is 5.10.